The molecule has 4 aromatic rings. The summed E-state index contributed by atoms with van der Waals surface area (Å²) in [4.78, 5) is 5.99. The molecule has 1 N–H and O–H groups in total. The molecule has 3 heterocycles. The van der Waals surface area contributed by atoms with E-state index in [4.69, 9.17) is 0 Å². The minimum Gasteiger partial charge on any atom is -0.324 e. The van der Waals surface area contributed by atoms with E-state index in [0.29, 0.717) is 5.69 Å². The Balaban J connectivity index is 1.40. The number of aromatic nitrogens is 5. The van der Waals surface area contributed by atoms with E-state index in [1.54, 1.807) is 6.07 Å². The van der Waals surface area contributed by atoms with Gasteiger partial charge in [0.1, 0.15) is 0 Å². The van der Waals surface area contributed by atoms with E-state index in [-0.39, 0.29) is 11.8 Å². The maximum Gasteiger partial charge on any atom is 0.453 e. The number of nitrogens with zero attached hydrogens (tertiary/aromatic N) is 6. The fraction of sp³-hybridized carbons (Fsp3) is 0.308. The number of likely N-dealkylation sites (N-methyl/N-ethyl adjacent to an activating group) is 1. The lowest BCUT2D eigenvalue weighted by atomic mass is 9.99. The minimum atomic E-state index is -4.70. The van der Waals surface area contributed by atoms with E-state index >= 15 is 0 Å². The lowest BCUT2D eigenvalue weighted by Gasteiger charge is -2.25. The summed E-state index contributed by atoms with van der Waals surface area (Å²) in [5, 5.41) is 15.5. The van der Waals surface area contributed by atoms with Gasteiger partial charge in [-0.25, -0.2) is 0 Å². The summed E-state index contributed by atoms with van der Waals surface area (Å²) in [6.07, 6.45) is -1.19. The first kappa shape index (κ1) is 22.7. The van der Waals surface area contributed by atoms with Gasteiger partial charge in [-0.15, -0.1) is 15.3 Å². The van der Waals surface area contributed by atoms with E-state index in [1.165, 1.54) is 11.1 Å². The molecule has 1 aliphatic carbocycles. The molecule has 0 unspecified atom stereocenters. The van der Waals surface area contributed by atoms with Crippen LogP contribution >= 0.6 is 0 Å². The largest absolute Gasteiger partial charge is 0.453 e. The van der Waals surface area contributed by atoms with Gasteiger partial charge in [0, 0.05) is 24.3 Å². The van der Waals surface area contributed by atoms with Crippen molar-refractivity contribution < 1.29 is 13.2 Å². The summed E-state index contributed by atoms with van der Waals surface area (Å²) in [5.41, 5.74) is 6.92. The molecule has 2 aromatic heterocycles. The van der Waals surface area contributed by atoms with Crippen LogP contribution in [-0.2, 0) is 32.0 Å². The van der Waals surface area contributed by atoms with Crippen LogP contribution in [0.2, 0.25) is 0 Å². The van der Waals surface area contributed by atoms with Crippen LogP contribution in [0.15, 0.2) is 48.5 Å². The molecule has 36 heavy (non-hydrogen) atoms. The highest BCUT2D eigenvalue weighted by Crippen LogP contribution is 2.33. The lowest BCUT2D eigenvalue weighted by Crippen LogP contribution is -2.26. The van der Waals surface area contributed by atoms with Crippen molar-refractivity contribution in [2.24, 2.45) is 0 Å². The molecule has 2 aliphatic rings. The second-order valence-electron chi connectivity index (χ2n) is 9.35. The van der Waals surface area contributed by atoms with Crippen LogP contribution < -0.4 is 5.32 Å². The highest BCUT2D eigenvalue weighted by molar-refractivity contribution is 5.68. The first-order valence-corrected chi connectivity index (χ1v) is 11.9. The number of benzene rings is 2. The third-order valence-electron chi connectivity index (χ3n) is 6.77. The second kappa shape index (κ2) is 8.70. The zero-order valence-corrected chi connectivity index (χ0v) is 19.7. The molecule has 10 heteroatoms. The highest BCUT2D eigenvalue weighted by Gasteiger charge is 2.38. The predicted octanol–water partition coefficient (Wildman–Crippen LogP) is 4.96. The van der Waals surface area contributed by atoms with Gasteiger partial charge in [-0.05, 0) is 73.2 Å². The first-order valence-electron chi connectivity index (χ1n) is 11.9. The Morgan fingerprint density at radius 2 is 1.72 bits per heavy atom. The number of aryl methyl sites for hydroxylation is 2. The van der Waals surface area contributed by atoms with Crippen LogP contribution in [-0.4, -0.2) is 43.5 Å². The lowest BCUT2D eigenvalue weighted by molar-refractivity contribution is -0.144. The predicted molar refractivity (Wildman–Crippen MR) is 129 cm³/mol. The van der Waals surface area contributed by atoms with Gasteiger partial charge >= 0.3 is 6.18 Å². The van der Waals surface area contributed by atoms with Crippen molar-refractivity contribution in [1.29, 1.82) is 0 Å². The molecule has 0 radical (unpaired) electrons. The Hall–Kier alpha value is -3.79. The van der Waals surface area contributed by atoms with Crippen molar-refractivity contribution in [3.8, 4) is 17.1 Å². The summed E-state index contributed by atoms with van der Waals surface area (Å²) < 4.78 is 41.9. The molecule has 0 atom stereocenters. The van der Waals surface area contributed by atoms with E-state index in [1.807, 2.05) is 43.4 Å². The van der Waals surface area contributed by atoms with Gasteiger partial charge in [-0.3, -0.25) is 0 Å². The van der Waals surface area contributed by atoms with Gasteiger partial charge in [0.15, 0.2) is 5.82 Å². The molecule has 184 valence electrons. The quantitative estimate of drug-likeness (QED) is 0.437. The molecule has 0 saturated heterocycles. The molecule has 0 amide bonds. The summed E-state index contributed by atoms with van der Waals surface area (Å²) in [5.74, 6) is -1.10. The number of nitrogens with one attached hydrogen (secondary N) is 1. The monoisotopic (exact) mass is 491 g/mol. The molecule has 0 saturated carbocycles. The van der Waals surface area contributed by atoms with Crippen LogP contribution in [0.1, 0.15) is 34.5 Å². The van der Waals surface area contributed by atoms with Gasteiger partial charge in [0.05, 0.1) is 5.69 Å². The number of fused-ring (bicyclic) bond motifs is 4. The second-order valence-corrected chi connectivity index (χ2v) is 9.35. The molecule has 1 aliphatic heterocycles. The van der Waals surface area contributed by atoms with Crippen LogP contribution in [0, 0.1) is 0 Å². The molecule has 2 aromatic carbocycles. The van der Waals surface area contributed by atoms with Gasteiger partial charge < -0.3 is 10.2 Å². The zero-order valence-electron chi connectivity index (χ0n) is 19.7. The molecular formula is C26H24F3N7. The minimum absolute atomic E-state index is 0.0605. The average molecular weight is 492 g/mol. The summed E-state index contributed by atoms with van der Waals surface area (Å²) >= 11 is 0. The summed E-state index contributed by atoms with van der Waals surface area (Å²) in [7, 11) is 2.05. The Bertz CT molecular complexity index is 1440. The van der Waals surface area contributed by atoms with Gasteiger partial charge in [0.25, 0.3) is 5.82 Å². The van der Waals surface area contributed by atoms with E-state index < -0.39 is 12.0 Å². The Labute approximate surface area is 206 Å². The number of halogens is 3. The number of alkyl halides is 3. The number of hydrogen-bond acceptors (Lipinski definition) is 6. The van der Waals surface area contributed by atoms with Crippen molar-refractivity contribution in [3.63, 3.8) is 0 Å². The van der Waals surface area contributed by atoms with Gasteiger partial charge in [-0.2, -0.15) is 22.8 Å². The molecule has 0 bridgehead atoms. The SMILES string of the molecule is CN1CCc2ccc(Nc3nc(C(F)(F)F)nn3-c3cc4c(nn3)-c3ccccc3CCC4)cc2C1. The maximum atomic E-state index is 13.6. The van der Waals surface area contributed by atoms with E-state index in [0.717, 1.165) is 65.8 Å². The topological polar surface area (TPSA) is 71.8 Å². The van der Waals surface area contributed by atoms with Crippen LogP contribution in [0.3, 0.4) is 0 Å². The Morgan fingerprint density at radius 1 is 0.889 bits per heavy atom. The highest BCUT2D eigenvalue weighted by atomic mass is 19.4. The Morgan fingerprint density at radius 3 is 2.58 bits per heavy atom. The van der Waals surface area contributed by atoms with E-state index in [9.17, 15) is 13.2 Å². The number of hydrogen-bond donors (Lipinski definition) is 1. The molecule has 7 nitrogen and oxygen atoms in total. The Kier molecular flexibility index (Phi) is 5.48. The van der Waals surface area contributed by atoms with Crippen molar-refractivity contribution in [1.82, 2.24) is 29.9 Å². The maximum absolute atomic E-state index is 13.6. The molecular weight excluding hydrogens is 467 g/mol. The number of anilines is 2. The normalized spacial score (nSPS) is 15.6. The van der Waals surface area contributed by atoms with E-state index in [2.05, 4.69) is 36.6 Å². The molecule has 0 spiro atoms. The summed E-state index contributed by atoms with van der Waals surface area (Å²) in [6.45, 7) is 1.76. The fourth-order valence-corrected chi connectivity index (χ4v) is 4.96. The van der Waals surface area contributed by atoms with Crippen molar-refractivity contribution in [3.05, 3.63) is 76.6 Å². The third kappa shape index (κ3) is 4.21. The van der Waals surface area contributed by atoms with Crippen LogP contribution in [0.5, 0.6) is 0 Å². The third-order valence-corrected chi connectivity index (χ3v) is 6.77. The number of rotatable bonds is 3. The standard InChI is InChI=1S/C26H24F3N7/c1-35-12-11-16-9-10-20(13-19(16)15-35)30-25-31-24(26(27,28)29)34-36(25)22-14-18-7-4-6-17-5-2-3-8-21(17)23(18)33-32-22/h2-3,5,8-10,13-14H,4,6-7,11-12,15H2,1H3,(H,30,31,34). The molecule has 6 rings (SSSR count). The smallest absolute Gasteiger partial charge is 0.324 e. The van der Waals surface area contributed by atoms with Crippen LogP contribution in [0.25, 0.3) is 17.1 Å². The first-order chi connectivity index (χ1) is 17.3. The van der Waals surface area contributed by atoms with Gasteiger partial charge in [-0.1, -0.05) is 30.3 Å². The fourth-order valence-electron chi connectivity index (χ4n) is 4.96. The van der Waals surface area contributed by atoms with Crippen molar-refractivity contribution in [2.45, 2.75) is 38.4 Å². The molecule has 0 fully saturated rings. The summed E-state index contributed by atoms with van der Waals surface area (Å²) in [6, 6.07) is 15.6. The van der Waals surface area contributed by atoms with Gasteiger partial charge in [0.2, 0.25) is 5.95 Å². The van der Waals surface area contributed by atoms with Crippen LogP contribution in [0.4, 0.5) is 24.8 Å². The zero-order chi connectivity index (χ0) is 24.9. The average Bonchev–Trinajstić information content (AvgIpc) is 3.19. The van der Waals surface area contributed by atoms with Crippen molar-refractivity contribution >= 4 is 11.6 Å². The van der Waals surface area contributed by atoms with Crippen molar-refractivity contribution in [2.75, 3.05) is 18.9 Å².